The normalized spacial score (nSPS) is 31.3. The van der Waals surface area contributed by atoms with Gasteiger partial charge in [-0.1, -0.05) is 6.92 Å². The molecule has 3 atom stereocenters. The highest BCUT2D eigenvalue weighted by atomic mass is 16.5. The number of likely N-dealkylation sites (N-methyl/N-ethyl adjacent to an activating group) is 1. The molecule has 0 saturated carbocycles. The zero-order valence-electron chi connectivity index (χ0n) is 10.3. The predicted octanol–water partition coefficient (Wildman–Crippen LogP) is 2.67. The van der Waals surface area contributed by atoms with Gasteiger partial charge in [-0.2, -0.15) is 0 Å². The maximum Gasteiger partial charge on any atom is 0.0705 e. The van der Waals surface area contributed by atoms with Crippen LogP contribution in [0.3, 0.4) is 0 Å². The van der Waals surface area contributed by atoms with Crippen molar-refractivity contribution in [2.75, 3.05) is 6.54 Å². The third-order valence-electron chi connectivity index (χ3n) is 3.27. The SMILES string of the molecule is CCN1C(C)CCC1[C@H](C)OC(C)C. The summed E-state index contributed by atoms with van der Waals surface area (Å²) < 4.78 is 5.87. The van der Waals surface area contributed by atoms with Crippen molar-refractivity contribution in [1.82, 2.24) is 4.90 Å². The second-order valence-electron chi connectivity index (χ2n) is 4.71. The summed E-state index contributed by atoms with van der Waals surface area (Å²) >= 11 is 0. The summed E-state index contributed by atoms with van der Waals surface area (Å²) in [4.78, 5) is 2.58. The third-order valence-corrected chi connectivity index (χ3v) is 3.27. The molecular formula is C12H25NO. The van der Waals surface area contributed by atoms with Gasteiger partial charge in [0.15, 0.2) is 0 Å². The average Bonchev–Trinajstić information content (AvgIpc) is 2.45. The van der Waals surface area contributed by atoms with Crippen molar-refractivity contribution in [2.24, 2.45) is 0 Å². The monoisotopic (exact) mass is 199 g/mol. The highest BCUT2D eigenvalue weighted by Gasteiger charge is 2.33. The van der Waals surface area contributed by atoms with Crippen LogP contribution in [-0.2, 0) is 4.74 Å². The smallest absolute Gasteiger partial charge is 0.0705 e. The summed E-state index contributed by atoms with van der Waals surface area (Å²) in [6.45, 7) is 12.2. The lowest BCUT2D eigenvalue weighted by Gasteiger charge is -2.32. The number of likely N-dealkylation sites (tertiary alicyclic amines) is 1. The second-order valence-corrected chi connectivity index (χ2v) is 4.71. The number of rotatable bonds is 4. The Hall–Kier alpha value is -0.0800. The van der Waals surface area contributed by atoms with E-state index in [4.69, 9.17) is 4.74 Å². The molecule has 14 heavy (non-hydrogen) atoms. The fraction of sp³-hybridized carbons (Fsp3) is 1.00. The van der Waals surface area contributed by atoms with Gasteiger partial charge < -0.3 is 4.74 Å². The first-order valence-corrected chi connectivity index (χ1v) is 5.97. The van der Waals surface area contributed by atoms with Crippen molar-refractivity contribution in [3.8, 4) is 0 Å². The average molecular weight is 199 g/mol. The predicted molar refractivity (Wildman–Crippen MR) is 60.5 cm³/mol. The maximum absolute atomic E-state index is 5.87. The van der Waals surface area contributed by atoms with E-state index in [9.17, 15) is 0 Å². The van der Waals surface area contributed by atoms with Crippen LogP contribution in [0.2, 0.25) is 0 Å². The Labute approximate surface area is 88.6 Å². The molecule has 84 valence electrons. The second kappa shape index (κ2) is 5.13. The lowest BCUT2D eigenvalue weighted by molar-refractivity contribution is -0.0284. The topological polar surface area (TPSA) is 12.5 Å². The Morgan fingerprint density at radius 2 is 1.93 bits per heavy atom. The van der Waals surface area contributed by atoms with E-state index >= 15 is 0 Å². The molecule has 1 fully saturated rings. The molecule has 1 saturated heterocycles. The summed E-state index contributed by atoms with van der Waals surface area (Å²) in [5, 5.41) is 0. The van der Waals surface area contributed by atoms with Crippen molar-refractivity contribution in [3.63, 3.8) is 0 Å². The highest BCUT2D eigenvalue weighted by Crippen LogP contribution is 2.27. The largest absolute Gasteiger partial charge is 0.374 e. The Balaban J connectivity index is 2.50. The molecule has 0 aromatic carbocycles. The van der Waals surface area contributed by atoms with Crippen LogP contribution in [0.15, 0.2) is 0 Å². The molecule has 0 aliphatic carbocycles. The third kappa shape index (κ3) is 2.71. The number of hydrogen-bond acceptors (Lipinski definition) is 2. The zero-order chi connectivity index (χ0) is 10.7. The van der Waals surface area contributed by atoms with Gasteiger partial charge in [0.05, 0.1) is 12.2 Å². The van der Waals surface area contributed by atoms with Crippen molar-refractivity contribution >= 4 is 0 Å². The molecule has 0 aromatic rings. The van der Waals surface area contributed by atoms with Crippen LogP contribution >= 0.6 is 0 Å². The first-order valence-electron chi connectivity index (χ1n) is 5.97. The van der Waals surface area contributed by atoms with E-state index in [0.29, 0.717) is 18.2 Å². The summed E-state index contributed by atoms with van der Waals surface area (Å²) in [5.74, 6) is 0. The van der Waals surface area contributed by atoms with Gasteiger partial charge in [-0.25, -0.2) is 0 Å². The molecule has 0 aromatic heterocycles. The van der Waals surface area contributed by atoms with Gasteiger partial charge >= 0.3 is 0 Å². The van der Waals surface area contributed by atoms with Crippen molar-refractivity contribution in [3.05, 3.63) is 0 Å². The van der Waals surface area contributed by atoms with Crippen LogP contribution in [0.4, 0.5) is 0 Å². The van der Waals surface area contributed by atoms with Crippen molar-refractivity contribution < 1.29 is 4.74 Å². The van der Waals surface area contributed by atoms with Crippen LogP contribution in [-0.4, -0.2) is 35.7 Å². The van der Waals surface area contributed by atoms with Crippen molar-refractivity contribution in [2.45, 2.75) is 71.8 Å². The first kappa shape index (κ1) is 12.0. The molecule has 1 aliphatic rings. The Bertz CT molecular complexity index is 170. The van der Waals surface area contributed by atoms with Crippen LogP contribution in [0.1, 0.15) is 47.5 Å². The minimum atomic E-state index is 0.347. The van der Waals surface area contributed by atoms with Crippen LogP contribution in [0, 0.1) is 0 Å². The lowest BCUT2D eigenvalue weighted by atomic mass is 10.1. The summed E-state index contributed by atoms with van der Waals surface area (Å²) in [5.41, 5.74) is 0. The lowest BCUT2D eigenvalue weighted by Crippen LogP contribution is -2.42. The Morgan fingerprint density at radius 1 is 1.29 bits per heavy atom. The maximum atomic E-state index is 5.87. The molecule has 1 heterocycles. The van der Waals surface area contributed by atoms with E-state index in [0.717, 1.165) is 12.6 Å². The molecule has 0 bridgehead atoms. The molecule has 1 rings (SSSR count). The van der Waals surface area contributed by atoms with Gasteiger partial charge in [0.1, 0.15) is 0 Å². The number of hydrogen-bond donors (Lipinski definition) is 0. The van der Waals surface area contributed by atoms with E-state index in [1.54, 1.807) is 0 Å². The molecule has 0 radical (unpaired) electrons. The van der Waals surface area contributed by atoms with Gasteiger partial charge in [-0.05, 0) is 47.1 Å². The highest BCUT2D eigenvalue weighted by molar-refractivity contribution is 4.88. The molecule has 2 heteroatoms. The molecule has 1 aliphatic heterocycles. The Kier molecular flexibility index (Phi) is 4.39. The van der Waals surface area contributed by atoms with Gasteiger partial charge in [-0.15, -0.1) is 0 Å². The summed E-state index contributed by atoms with van der Waals surface area (Å²) in [7, 11) is 0. The standard InChI is InChI=1S/C12H25NO/c1-6-13-10(4)7-8-12(13)11(5)14-9(2)3/h9-12H,6-8H2,1-5H3/t10?,11-,12?/m0/s1. The minimum Gasteiger partial charge on any atom is -0.374 e. The zero-order valence-corrected chi connectivity index (χ0v) is 10.3. The molecular weight excluding hydrogens is 174 g/mol. The summed E-state index contributed by atoms with van der Waals surface area (Å²) in [6.07, 6.45) is 3.34. The van der Waals surface area contributed by atoms with Crippen molar-refractivity contribution in [1.29, 1.82) is 0 Å². The van der Waals surface area contributed by atoms with E-state index in [-0.39, 0.29) is 0 Å². The van der Waals surface area contributed by atoms with Gasteiger partial charge in [0.2, 0.25) is 0 Å². The Morgan fingerprint density at radius 3 is 2.43 bits per heavy atom. The molecule has 2 nitrogen and oxygen atoms in total. The molecule has 2 unspecified atom stereocenters. The van der Waals surface area contributed by atoms with Crippen LogP contribution in [0.5, 0.6) is 0 Å². The minimum absolute atomic E-state index is 0.347. The first-order chi connectivity index (χ1) is 6.56. The van der Waals surface area contributed by atoms with E-state index in [1.165, 1.54) is 12.8 Å². The molecule has 0 spiro atoms. The van der Waals surface area contributed by atoms with Crippen LogP contribution in [0.25, 0.3) is 0 Å². The molecule has 0 N–H and O–H groups in total. The van der Waals surface area contributed by atoms with Gasteiger partial charge in [0.25, 0.3) is 0 Å². The molecule has 0 amide bonds. The summed E-state index contributed by atoms with van der Waals surface area (Å²) in [6, 6.07) is 1.38. The number of nitrogens with zero attached hydrogens (tertiary/aromatic N) is 1. The quantitative estimate of drug-likeness (QED) is 0.690. The van der Waals surface area contributed by atoms with E-state index in [1.807, 2.05) is 0 Å². The fourth-order valence-corrected chi connectivity index (χ4v) is 2.64. The van der Waals surface area contributed by atoms with Gasteiger partial charge in [0, 0.05) is 12.1 Å². The fourth-order valence-electron chi connectivity index (χ4n) is 2.64. The van der Waals surface area contributed by atoms with E-state index < -0.39 is 0 Å². The van der Waals surface area contributed by atoms with Gasteiger partial charge in [-0.3, -0.25) is 4.90 Å². The van der Waals surface area contributed by atoms with E-state index in [2.05, 4.69) is 39.5 Å². The number of ether oxygens (including phenoxy) is 1. The van der Waals surface area contributed by atoms with Crippen LogP contribution < -0.4 is 0 Å².